The Morgan fingerprint density at radius 3 is 2.68 bits per heavy atom. The smallest absolute Gasteiger partial charge is 0.227 e. The highest BCUT2D eigenvalue weighted by molar-refractivity contribution is 7.91. The number of hydrogen-bond donors (Lipinski definition) is 1. The highest BCUT2D eigenvalue weighted by Crippen LogP contribution is 2.24. The molecule has 6 nitrogen and oxygen atoms in total. The molecule has 1 fully saturated rings. The van der Waals surface area contributed by atoms with Crippen LogP contribution in [0.2, 0.25) is 0 Å². The van der Waals surface area contributed by atoms with Gasteiger partial charge in [0, 0.05) is 24.5 Å². The molecule has 7 heteroatoms. The van der Waals surface area contributed by atoms with Crippen LogP contribution < -0.4 is 10.2 Å². The first kappa shape index (κ1) is 17.7. The van der Waals surface area contributed by atoms with E-state index >= 15 is 0 Å². The van der Waals surface area contributed by atoms with Crippen LogP contribution in [0.1, 0.15) is 24.5 Å². The number of nitrogens with one attached hydrogen (secondary N) is 1. The van der Waals surface area contributed by atoms with Crippen LogP contribution in [0.5, 0.6) is 0 Å². The number of rotatable bonds is 5. The molecule has 0 aliphatic carbocycles. The molecule has 0 amide bonds. The van der Waals surface area contributed by atoms with Crippen LogP contribution in [-0.4, -0.2) is 42.5 Å². The summed E-state index contributed by atoms with van der Waals surface area (Å²) >= 11 is 0. The van der Waals surface area contributed by atoms with Gasteiger partial charge in [-0.15, -0.1) is 0 Å². The molecule has 1 saturated heterocycles. The highest BCUT2D eigenvalue weighted by Gasteiger charge is 2.32. The second-order valence-corrected chi connectivity index (χ2v) is 8.74. The van der Waals surface area contributed by atoms with Crippen molar-refractivity contribution in [3.63, 3.8) is 0 Å². The maximum atomic E-state index is 11.8. The van der Waals surface area contributed by atoms with Crippen LogP contribution in [0.3, 0.4) is 0 Å². The molecule has 2 aromatic rings. The third-order valence-corrected chi connectivity index (χ3v) is 6.42. The molecule has 1 N–H and O–H groups in total. The van der Waals surface area contributed by atoms with E-state index in [1.54, 1.807) is 6.20 Å². The molecule has 1 aromatic heterocycles. The minimum atomic E-state index is -2.94. The van der Waals surface area contributed by atoms with Gasteiger partial charge in [0.2, 0.25) is 5.95 Å². The average molecular weight is 360 g/mol. The second-order valence-electron chi connectivity index (χ2n) is 6.51. The van der Waals surface area contributed by atoms with Gasteiger partial charge in [-0.2, -0.15) is 4.98 Å². The summed E-state index contributed by atoms with van der Waals surface area (Å²) in [6.45, 7) is 6.83. The van der Waals surface area contributed by atoms with Crippen molar-refractivity contribution < 1.29 is 8.42 Å². The third kappa shape index (κ3) is 4.10. The summed E-state index contributed by atoms with van der Waals surface area (Å²) in [5.74, 6) is 1.69. The molecule has 0 radical (unpaired) electrons. The van der Waals surface area contributed by atoms with E-state index in [0.29, 0.717) is 24.7 Å². The molecule has 1 aromatic carbocycles. The zero-order chi connectivity index (χ0) is 18.0. The maximum absolute atomic E-state index is 11.8. The second kappa shape index (κ2) is 7.00. The normalized spacial score (nSPS) is 18.9. The van der Waals surface area contributed by atoms with Crippen LogP contribution in [-0.2, 0) is 9.84 Å². The Labute approximate surface area is 149 Å². The standard InChI is InChI=1S/C18H24N4O2S/c1-4-22(16-8-10-25(23,24)12-16)18-19-9-7-17(21-18)20-15-6-5-13(2)14(3)11-15/h5-7,9,11,16H,4,8,10,12H2,1-3H3,(H,19,20,21). The van der Waals surface area contributed by atoms with Gasteiger partial charge in [-0.1, -0.05) is 6.07 Å². The quantitative estimate of drug-likeness (QED) is 0.884. The highest BCUT2D eigenvalue weighted by atomic mass is 32.2. The van der Waals surface area contributed by atoms with Crippen molar-refractivity contribution >= 4 is 27.3 Å². The lowest BCUT2D eigenvalue weighted by Crippen LogP contribution is -2.37. The van der Waals surface area contributed by atoms with E-state index < -0.39 is 9.84 Å². The van der Waals surface area contributed by atoms with Gasteiger partial charge >= 0.3 is 0 Å². The Kier molecular flexibility index (Phi) is 4.94. The van der Waals surface area contributed by atoms with E-state index in [2.05, 4.69) is 41.3 Å². The summed E-state index contributed by atoms with van der Waals surface area (Å²) in [4.78, 5) is 10.9. The topological polar surface area (TPSA) is 75.2 Å². The first-order chi connectivity index (χ1) is 11.9. The van der Waals surface area contributed by atoms with E-state index in [0.717, 1.165) is 5.69 Å². The molecule has 1 atom stereocenters. The van der Waals surface area contributed by atoms with Crippen molar-refractivity contribution in [2.45, 2.75) is 33.2 Å². The van der Waals surface area contributed by atoms with Crippen molar-refractivity contribution in [3.8, 4) is 0 Å². The molecule has 0 saturated carbocycles. The van der Waals surface area contributed by atoms with E-state index in [9.17, 15) is 8.42 Å². The fraction of sp³-hybridized carbons (Fsp3) is 0.444. The minimum absolute atomic E-state index is 0.0492. The maximum Gasteiger partial charge on any atom is 0.227 e. The Hall–Kier alpha value is -2.15. The lowest BCUT2D eigenvalue weighted by Gasteiger charge is -2.27. The summed E-state index contributed by atoms with van der Waals surface area (Å²) in [5.41, 5.74) is 3.43. The van der Waals surface area contributed by atoms with Crippen LogP contribution >= 0.6 is 0 Å². The number of hydrogen-bond acceptors (Lipinski definition) is 6. The molecule has 25 heavy (non-hydrogen) atoms. The Morgan fingerprint density at radius 1 is 1.24 bits per heavy atom. The van der Waals surface area contributed by atoms with E-state index in [4.69, 9.17) is 0 Å². The molecule has 134 valence electrons. The van der Waals surface area contributed by atoms with Gasteiger partial charge in [0.05, 0.1) is 11.5 Å². The molecule has 1 aliphatic rings. The molecule has 3 rings (SSSR count). The predicted molar refractivity (Wildman–Crippen MR) is 101 cm³/mol. The van der Waals surface area contributed by atoms with E-state index in [1.807, 2.05) is 24.0 Å². The van der Waals surface area contributed by atoms with Gasteiger partial charge in [0.15, 0.2) is 9.84 Å². The molecule has 2 heterocycles. The molecular formula is C18H24N4O2S. The summed E-state index contributed by atoms with van der Waals surface area (Å²) in [6.07, 6.45) is 2.34. The first-order valence-corrected chi connectivity index (χ1v) is 10.3. The van der Waals surface area contributed by atoms with Gasteiger partial charge in [-0.25, -0.2) is 13.4 Å². The first-order valence-electron chi connectivity index (χ1n) is 8.52. The summed E-state index contributed by atoms with van der Waals surface area (Å²) in [5, 5.41) is 3.30. The summed E-state index contributed by atoms with van der Waals surface area (Å²) < 4.78 is 23.6. The molecule has 0 spiro atoms. The number of sulfone groups is 1. The van der Waals surface area contributed by atoms with Gasteiger partial charge in [-0.05, 0) is 56.5 Å². The van der Waals surface area contributed by atoms with Crippen LogP contribution in [0.4, 0.5) is 17.5 Å². The number of nitrogens with zero attached hydrogens (tertiary/aromatic N) is 3. The zero-order valence-electron chi connectivity index (χ0n) is 14.9. The lowest BCUT2D eigenvalue weighted by molar-refractivity contribution is 0.599. The Bertz CT molecular complexity index is 867. The molecule has 1 aliphatic heterocycles. The fourth-order valence-corrected chi connectivity index (χ4v) is 4.84. The summed E-state index contributed by atoms with van der Waals surface area (Å²) in [7, 11) is -2.94. The van der Waals surface area contributed by atoms with Gasteiger partial charge < -0.3 is 10.2 Å². The number of aromatic nitrogens is 2. The van der Waals surface area contributed by atoms with Crippen molar-refractivity contribution in [1.82, 2.24) is 9.97 Å². The van der Waals surface area contributed by atoms with E-state index in [1.165, 1.54) is 11.1 Å². The van der Waals surface area contributed by atoms with Gasteiger partial charge in [0.25, 0.3) is 0 Å². The van der Waals surface area contributed by atoms with Crippen LogP contribution in [0, 0.1) is 13.8 Å². The minimum Gasteiger partial charge on any atom is -0.340 e. The zero-order valence-corrected chi connectivity index (χ0v) is 15.7. The van der Waals surface area contributed by atoms with Crippen molar-refractivity contribution in [3.05, 3.63) is 41.6 Å². The van der Waals surface area contributed by atoms with E-state index in [-0.39, 0.29) is 17.5 Å². The summed E-state index contributed by atoms with van der Waals surface area (Å²) in [6, 6.07) is 7.94. The van der Waals surface area contributed by atoms with Crippen molar-refractivity contribution in [1.29, 1.82) is 0 Å². The number of benzene rings is 1. The fourth-order valence-electron chi connectivity index (χ4n) is 3.11. The van der Waals surface area contributed by atoms with Gasteiger partial charge in [0.1, 0.15) is 5.82 Å². The van der Waals surface area contributed by atoms with Crippen molar-refractivity contribution in [2.24, 2.45) is 0 Å². The average Bonchev–Trinajstić information content (AvgIpc) is 2.92. The Balaban J connectivity index is 1.81. The van der Waals surface area contributed by atoms with Crippen LogP contribution in [0.25, 0.3) is 0 Å². The van der Waals surface area contributed by atoms with Crippen molar-refractivity contribution in [2.75, 3.05) is 28.3 Å². The number of aryl methyl sites for hydroxylation is 2. The lowest BCUT2D eigenvalue weighted by atomic mass is 10.1. The number of anilines is 3. The predicted octanol–water partition coefficient (Wildman–Crippen LogP) is 2.85. The Morgan fingerprint density at radius 2 is 2.04 bits per heavy atom. The molecule has 0 bridgehead atoms. The SMILES string of the molecule is CCN(c1nccc(Nc2ccc(C)c(C)c2)n1)C1CCS(=O)(=O)C1. The molecular weight excluding hydrogens is 336 g/mol. The van der Waals surface area contributed by atoms with Gasteiger partial charge in [-0.3, -0.25) is 0 Å². The largest absolute Gasteiger partial charge is 0.340 e. The molecule has 1 unspecified atom stereocenters. The van der Waals surface area contributed by atoms with Crippen LogP contribution in [0.15, 0.2) is 30.5 Å². The monoisotopic (exact) mass is 360 g/mol. The third-order valence-electron chi connectivity index (χ3n) is 4.67.